The number of carbonyl (C=O) groups is 1. The lowest BCUT2D eigenvalue weighted by atomic mass is 9.91. The SMILES string of the molecule is C[C@](O)(c1ccc(C(=O)N(C2CC2)C2CCN(C3CCCCC3)CC2)cc1)C(F)(F)F. The lowest BCUT2D eigenvalue weighted by molar-refractivity contribution is -0.258. The molecule has 7 heteroatoms. The van der Waals surface area contributed by atoms with Crippen molar-refractivity contribution in [3.8, 4) is 0 Å². The first kappa shape index (κ1) is 22.6. The number of rotatable bonds is 5. The van der Waals surface area contributed by atoms with Crippen molar-refractivity contribution in [1.29, 1.82) is 0 Å². The number of nitrogens with zero attached hydrogens (tertiary/aromatic N) is 2. The summed E-state index contributed by atoms with van der Waals surface area (Å²) >= 11 is 0. The van der Waals surface area contributed by atoms with Crippen LogP contribution in [-0.4, -0.2) is 58.2 Å². The predicted octanol–water partition coefficient (Wildman–Crippen LogP) is 4.86. The molecule has 1 aromatic rings. The zero-order valence-electron chi connectivity index (χ0n) is 18.2. The van der Waals surface area contributed by atoms with E-state index in [4.69, 9.17) is 0 Å². The fraction of sp³-hybridized carbons (Fsp3) is 0.708. The van der Waals surface area contributed by atoms with Gasteiger partial charge in [-0.2, -0.15) is 13.2 Å². The largest absolute Gasteiger partial charge is 0.421 e. The number of hydrogen-bond acceptors (Lipinski definition) is 3. The van der Waals surface area contributed by atoms with Crippen LogP contribution >= 0.6 is 0 Å². The molecule has 4 nitrogen and oxygen atoms in total. The Morgan fingerprint density at radius 2 is 1.48 bits per heavy atom. The summed E-state index contributed by atoms with van der Waals surface area (Å²) in [6, 6.07) is 6.41. The molecular formula is C24H33F3N2O2. The molecule has 1 saturated heterocycles. The van der Waals surface area contributed by atoms with Crippen molar-refractivity contribution < 1.29 is 23.1 Å². The summed E-state index contributed by atoms with van der Waals surface area (Å²) < 4.78 is 39.3. The van der Waals surface area contributed by atoms with Crippen LogP contribution in [0.2, 0.25) is 0 Å². The molecule has 31 heavy (non-hydrogen) atoms. The van der Waals surface area contributed by atoms with E-state index in [1.807, 2.05) is 4.90 Å². The predicted molar refractivity (Wildman–Crippen MR) is 113 cm³/mol. The summed E-state index contributed by atoms with van der Waals surface area (Å²) in [7, 11) is 0. The third kappa shape index (κ3) is 4.77. The van der Waals surface area contributed by atoms with Crippen molar-refractivity contribution in [3.05, 3.63) is 35.4 Å². The minimum atomic E-state index is -4.77. The molecular weight excluding hydrogens is 405 g/mol. The van der Waals surface area contributed by atoms with Gasteiger partial charge in [0.25, 0.3) is 5.91 Å². The number of alkyl halides is 3. The molecule has 2 aliphatic carbocycles. The molecule has 3 fully saturated rings. The summed E-state index contributed by atoms with van der Waals surface area (Å²) in [6.45, 7) is 2.76. The molecule has 0 bridgehead atoms. The Morgan fingerprint density at radius 3 is 2.00 bits per heavy atom. The monoisotopic (exact) mass is 438 g/mol. The van der Waals surface area contributed by atoms with Crippen molar-refractivity contribution in [2.75, 3.05) is 13.1 Å². The third-order valence-corrected chi connectivity index (χ3v) is 7.40. The van der Waals surface area contributed by atoms with Crippen LogP contribution in [0.5, 0.6) is 0 Å². The number of benzene rings is 1. The fourth-order valence-electron chi connectivity index (χ4n) is 5.21. The summed E-state index contributed by atoms with van der Waals surface area (Å²) in [5.74, 6) is -0.100. The van der Waals surface area contributed by atoms with E-state index in [1.54, 1.807) is 0 Å². The fourth-order valence-corrected chi connectivity index (χ4v) is 5.21. The number of hydrogen-bond donors (Lipinski definition) is 1. The van der Waals surface area contributed by atoms with Crippen molar-refractivity contribution in [1.82, 2.24) is 9.80 Å². The van der Waals surface area contributed by atoms with Crippen LogP contribution in [-0.2, 0) is 5.60 Å². The Labute approximate surface area is 182 Å². The highest BCUT2D eigenvalue weighted by molar-refractivity contribution is 5.95. The van der Waals surface area contributed by atoms with Gasteiger partial charge in [0.15, 0.2) is 5.60 Å². The van der Waals surface area contributed by atoms with Gasteiger partial charge in [-0.15, -0.1) is 0 Å². The minimum absolute atomic E-state index is 0.100. The highest BCUT2D eigenvalue weighted by Crippen LogP contribution is 2.39. The Bertz CT molecular complexity index is 760. The molecule has 0 radical (unpaired) electrons. The smallest absolute Gasteiger partial charge is 0.376 e. The first-order valence-corrected chi connectivity index (χ1v) is 11.6. The second kappa shape index (κ2) is 8.74. The maximum Gasteiger partial charge on any atom is 0.421 e. The normalized spacial score (nSPS) is 24.0. The van der Waals surface area contributed by atoms with Crippen LogP contribution in [0.25, 0.3) is 0 Å². The zero-order valence-corrected chi connectivity index (χ0v) is 18.2. The van der Waals surface area contributed by atoms with Crippen LogP contribution in [0.4, 0.5) is 13.2 Å². The number of amides is 1. The van der Waals surface area contributed by atoms with E-state index in [9.17, 15) is 23.1 Å². The van der Waals surface area contributed by atoms with E-state index < -0.39 is 11.8 Å². The van der Waals surface area contributed by atoms with E-state index in [1.165, 1.54) is 56.4 Å². The van der Waals surface area contributed by atoms with Crippen LogP contribution < -0.4 is 0 Å². The van der Waals surface area contributed by atoms with Gasteiger partial charge in [0.2, 0.25) is 0 Å². The molecule has 0 aromatic heterocycles. The van der Waals surface area contributed by atoms with Crippen molar-refractivity contribution >= 4 is 5.91 Å². The zero-order chi connectivity index (χ0) is 22.2. The molecule has 0 spiro atoms. The number of halogens is 3. The van der Waals surface area contributed by atoms with Crippen LogP contribution in [0.3, 0.4) is 0 Å². The lowest BCUT2D eigenvalue weighted by Crippen LogP contribution is -2.51. The van der Waals surface area contributed by atoms with Gasteiger partial charge in [-0.3, -0.25) is 4.79 Å². The molecule has 1 N–H and O–H groups in total. The van der Waals surface area contributed by atoms with E-state index in [-0.39, 0.29) is 23.6 Å². The summed E-state index contributed by atoms with van der Waals surface area (Å²) in [5, 5.41) is 9.87. The Kier molecular flexibility index (Phi) is 6.37. The molecule has 1 aliphatic heterocycles. The number of carbonyl (C=O) groups excluding carboxylic acids is 1. The summed E-state index contributed by atoms with van der Waals surface area (Å²) in [4.78, 5) is 17.9. The standard InChI is InChI=1S/C24H33F3N2O2/c1-23(31,24(25,26)27)18-9-7-17(8-10-18)22(30)29(20-11-12-20)21-13-15-28(16-14-21)19-5-3-2-4-6-19/h7-10,19-21,31H,2-6,11-16H2,1H3/t23-/m0/s1. The Balaban J connectivity index is 1.43. The van der Waals surface area contributed by atoms with Gasteiger partial charge in [0, 0.05) is 36.8 Å². The van der Waals surface area contributed by atoms with Crippen LogP contribution in [0, 0.1) is 0 Å². The van der Waals surface area contributed by atoms with Crippen LogP contribution in [0.1, 0.15) is 80.6 Å². The molecule has 2 saturated carbocycles. The second-order valence-corrected chi connectivity index (χ2v) is 9.65. The quantitative estimate of drug-likeness (QED) is 0.714. The highest BCUT2D eigenvalue weighted by atomic mass is 19.4. The van der Waals surface area contributed by atoms with Crippen LogP contribution in [0.15, 0.2) is 24.3 Å². The minimum Gasteiger partial charge on any atom is -0.376 e. The maximum absolute atomic E-state index is 13.3. The van der Waals surface area contributed by atoms with Gasteiger partial charge >= 0.3 is 6.18 Å². The third-order valence-electron chi connectivity index (χ3n) is 7.40. The van der Waals surface area contributed by atoms with E-state index in [0.717, 1.165) is 45.7 Å². The highest BCUT2D eigenvalue weighted by Gasteiger charge is 2.51. The maximum atomic E-state index is 13.3. The van der Waals surface area contributed by atoms with Gasteiger partial charge in [-0.05, 0) is 63.1 Å². The van der Waals surface area contributed by atoms with E-state index >= 15 is 0 Å². The van der Waals surface area contributed by atoms with Crippen molar-refractivity contribution in [2.45, 2.75) is 94.6 Å². The second-order valence-electron chi connectivity index (χ2n) is 9.65. The molecule has 0 unspecified atom stereocenters. The van der Waals surface area contributed by atoms with E-state index in [2.05, 4.69) is 4.90 Å². The molecule has 1 amide bonds. The van der Waals surface area contributed by atoms with Gasteiger partial charge in [0.05, 0.1) is 0 Å². The van der Waals surface area contributed by atoms with Crippen molar-refractivity contribution in [2.24, 2.45) is 0 Å². The van der Waals surface area contributed by atoms with Gasteiger partial charge in [0.1, 0.15) is 0 Å². The number of aliphatic hydroxyl groups is 1. The molecule has 172 valence electrons. The lowest BCUT2D eigenvalue weighted by Gasteiger charge is -2.42. The molecule has 1 heterocycles. The first-order valence-electron chi connectivity index (χ1n) is 11.6. The van der Waals surface area contributed by atoms with E-state index in [0.29, 0.717) is 11.6 Å². The average molecular weight is 439 g/mol. The summed E-state index contributed by atoms with van der Waals surface area (Å²) in [5.41, 5.74) is -2.80. The Morgan fingerprint density at radius 1 is 0.935 bits per heavy atom. The average Bonchev–Trinajstić information content (AvgIpc) is 3.59. The molecule has 4 rings (SSSR count). The summed E-state index contributed by atoms with van der Waals surface area (Å²) in [6.07, 6.45) is 5.67. The molecule has 1 aromatic carbocycles. The van der Waals surface area contributed by atoms with Gasteiger partial charge in [-0.25, -0.2) is 0 Å². The van der Waals surface area contributed by atoms with Gasteiger partial charge in [-0.1, -0.05) is 31.4 Å². The topological polar surface area (TPSA) is 43.8 Å². The first-order chi connectivity index (χ1) is 14.7. The number of piperidine rings is 1. The van der Waals surface area contributed by atoms with Gasteiger partial charge < -0.3 is 14.9 Å². The molecule has 3 aliphatic rings. The Hall–Kier alpha value is -1.60. The molecule has 1 atom stereocenters. The number of likely N-dealkylation sites (tertiary alicyclic amines) is 1. The van der Waals surface area contributed by atoms with Crippen molar-refractivity contribution in [3.63, 3.8) is 0 Å².